The van der Waals surface area contributed by atoms with E-state index in [0.29, 0.717) is 4.47 Å². The fraction of sp³-hybridized carbons (Fsp3) is 0.562. The Hall–Kier alpha value is -0.940. The Morgan fingerprint density at radius 3 is 2.81 bits per heavy atom. The summed E-state index contributed by atoms with van der Waals surface area (Å²) >= 11 is 3.11. The predicted octanol–water partition coefficient (Wildman–Crippen LogP) is 3.58. The number of benzene rings is 1. The molecule has 0 bridgehead atoms. The first-order valence-corrected chi connectivity index (χ1v) is 8.38. The van der Waals surface area contributed by atoms with Gasteiger partial charge < -0.3 is 10.2 Å². The Morgan fingerprint density at radius 1 is 1.43 bits per heavy atom. The molecular formula is C16H22BrFN2O. The van der Waals surface area contributed by atoms with Crippen molar-refractivity contribution in [2.75, 3.05) is 19.6 Å². The van der Waals surface area contributed by atoms with E-state index in [1.54, 1.807) is 12.1 Å². The molecule has 0 aromatic heterocycles. The zero-order valence-electron chi connectivity index (χ0n) is 12.4. The van der Waals surface area contributed by atoms with Crippen LogP contribution in [0.4, 0.5) is 4.39 Å². The molecule has 1 N–H and O–H groups in total. The van der Waals surface area contributed by atoms with Crippen LogP contribution in [0.2, 0.25) is 0 Å². The Bertz CT molecular complexity index is 487. The van der Waals surface area contributed by atoms with Crippen LogP contribution in [0.25, 0.3) is 0 Å². The highest BCUT2D eigenvalue weighted by Gasteiger charge is 2.22. The number of hydrogen-bond donors (Lipinski definition) is 1. The molecule has 1 saturated heterocycles. The van der Waals surface area contributed by atoms with Gasteiger partial charge in [-0.25, -0.2) is 4.39 Å². The number of nitrogens with one attached hydrogen (secondary N) is 1. The summed E-state index contributed by atoms with van der Waals surface area (Å²) < 4.78 is 14.2. The minimum Gasteiger partial charge on any atom is -0.349 e. The van der Waals surface area contributed by atoms with Gasteiger partial charge in [0.05, 0.1) is 10.0 Å². The largest absolute Gasteiger partial charge is 0.349 e. The van der Waals surface area contributed by atoms with E-state index in [2.05, 4.69) is 33.1 Å². The number of likely N-dealkylation sites (tertiary alicyclic amines) is 1. The van der Waals surface area contributed by atoms with Gasteiger partial charge in [-0.1, -0.05) is 19.4 Å². The van der Waals surface area contributed by atoms with Gasteiger partial charge in [-0.2, -0.15) is 0 Å². The first-order chi connectivity index (χ1) is 10.1. The van der Waals surface area contributed by atoms with Crippen molar-refractivity contribution < 1.29 is 9.18 Å². The molecule has 5 heteroatoms. The van der Waals surface area contributed by atoms with E-state index < -0.39 is 5.82 Å². The van der Waals surface area contributed by atoms with Gasteiger partial charge in [0.2, 0.25) is 0 Å². The minimum absolute atomic E-state index is 0.109. The van der Waals surface area contributed by atoms with Crippen molar-refractivity contribution in [3.63, 3.8) is 0 Å². The minimum atomic E-state index is -0.490. The van der Waals surface area contributed by atoms with Crippen molar-refractivity contribution >= 4 is 21.8 Å². The molecule has 3 nitrogen and oxygen atoms in total. The van der Waals surface area contributed by atoms with E-state index in [0.717, 1.165) is 32.5 Å². The lowest BCUT2D eigenvalue weighted by Crippen LogP contribution is -2.45. The molecule has 1 aromatic carbocycles. The van der Waals surface area contributed by atoms with Crippen LogP contribution in [-0.4, -0.2) is 36.5 Å². The zero-order valence-corrected chi connectivity index (χ0v) is 14.0. The lowest BCUT2D eigenvalue weighted by Gasteiger charge is -2.32. The monoisotopic (exact) mass is 356 g/mol. The number of rotatable bonds is 5. The van der Waals surface area contributed by atoms with E-state index >= 15 is 0 Å². The number of amides is 1. The molecule has 116 valence electrons. The number of nitrogens with zero attached hydrogens (tertiary/aromatic N) is 1. The Labute approximate surface area is 134 Å². The van der Waals surface area contributed by atoms with Crippen molar-refractivity contribution in [2.24, 2.45) is 0 Å². The highest BCUT2D eigenvalue weighted by molar-refractivity contribution is 9.10. The summed E-state index contributed by atoms with van der Waals surface area (Å²) in [4.78, 5) is 14.6. The Balaban J connectivity index is 1.86. The van der Waals surface area contributed by atoms with Gasteiger partial charge in [-0.15, -0.1) is 0 Å². The van der Waals surface area contributed by atoms with E-state index in [-0.39, 0.29) is 17.5 Å². The van der Waals surface area contributed by atoms with Crippen molar-refractivity contribution in [1.29, 1.82) is 0 Å². The van der Waals surface area contributed by atoms with Crippen LogP contribution in [-0.2, 0) is 0 Å². The SMILES string of the molecule is CCCCN1CCC(NC(=O)c2cccc(Br)c2F)CC1. The third kappa shape index (κ3) is 4.51. The molecule has 0 saturated carbocycles. The zero-order chi connectivity index (χ0) is 15.2. The fourth-order valence-corrected chi connectivity index (χ4v) is 2.99. The summed E-state index contributed by atoms with van der Waals surface area (Å²) in [5.74, 6) is -0.809. The predicted molar refractivity (Wildman–Crippen MR) is 85.9 cm³/mol. The van der Waals surface area contributed by atoms with E-state index in [4.69, 9.17) is 0 Å². The van der Waals surface area contributed by atoms with E-state index in [9.17, 15) is 9.18 Å². The van der Waals surface area contributed by atoms with Gasteiger partial charge in [-0.05, 0) is 53.9 Å². The molecule has 1 amide bonds. The number of halogens is 2. The van der Waals surface area contributed by atoms with Gasteiger partial charge in [0.1, 0.15) is 5.82 Å². The van der Waals surface area contributed by atoms with Crippen LogP contribution in [0.3, 0.4) is 0 Å². The summed E-state index contributed by atoms with van der Waals surface area (Å²) in [6, 6.07) is 4.94. The second-order valence-electron chi connectivity index (χ2n) is 5.54. The summed E-state index contributed by atoms with van der Waals surface area (Å²) in [5.41, 5.74) is 0.109. The van der Waals surface area contributed by atoms with Gasteiger partial charge in [0, 0.05) is 19.1 Å². The molecule has 0 unspecified atom stereocenters. The third-order valence-corrected chi connectivity index (χ3v) is 4.56. The smallest absolute Gasteiger partial charge is 0.254 e. The number of piperidine rings is 1. The van der Waals surface area contributed by atoms with Crippen molar-refractivity contribution in [3.8, 4) is 0 Å². The number of carbonyl (C=O) groups is 1. The molecule has 1 heterocycles. The Morgan fingerprint density at radius 2 is 2.14 bits per heavy atom. The van der Waals surface area contributed by atoms with Crippen molar-refractivity contribution in [3.05, 3.63) is 34.1 Å². The highest BCUT2D eigenvalue weighted by Crippen LogP contribution is 2.19. The maximum absolute atomic E-state index is 13.9. The molecule has 0 spiro atoms. The first kappa shape index (κ1) is 16.4. The second kappa shape index (κ2) is 7.90. The van der Waals surface area contributed by atoms with Gasteiger partial charge in [-0.3, -0.25) is 4.79 Å². The topological polar surface area (TPSA) is 32.3 Å². The number of hydrogen-bond acceptors (Lipinski definition) is 2. The lowest BCUT2D eigenvalue weighted by atomic mass is 10.0. The molecule has 1 fully saturated rings. The van der Waals surface area contributed by atoms with Crippen molar-refractivity contribution in [2.45, 2.75) is 38.6 Å². The van der Waals surface area contributed by atoms with Gasteiger partial charge >= 0.3 is 0 Å². The molecule has 1 aromatic rings. The quantitative estimate of drug-likeness (QED) is 0.874. The van der Waals surface area contributed by atoms with Gasteiger partial charge in [0.15, 0.2) is 0 Å². The van der Waals surface area contributed by atoms with Crippen LogP contribution in [0, 0.1) is 5.82 Å². The average Bonchev–Trinajstić information content (AvgIpc) is 2.49. The van der Waals surface area contributed by atoms with Crippen molar-refractivity contribution in [1.82, 2.24) is 10.2 Å². The average molecular weight is 357 g/mol. The van der Waals surface area contributed by atoms with E-state index in [1.165, 1.54) is 18.9 Å². The number of unbranched alkanes of at least 4 members (excludes halogenated alkanes) is 1. The molecule has 0 aliphatic carbocycles. The summed E-state index contributed by atoms with van der Waals surface area (Å²) in [6.45, 7) is 5.34. The molecule has 1 aliphatic rings. The first-order valence-electron chi connectivity index (χ1n) is 7.59. The molecule has 1 aliphatic heterocycles. The molecular weight excluding hydrogens is 335 g/mol. The molecule has 2 rings (SSSR count). The van der Waals surface area contributed by atoms with Crippen LogP contribution in [0.5, 0.6) is 0 Å². The van der Waals surface area contributed by atoms with Crippen LogP contribution < -0.4 is 5.32 Å². The van der Waals surface area contributed by atoms with E-state index in [1.807, 2.05) is 0 Å². The number of carbonyl (C=O) groups excluding carboxylic acids is 1. The molecule has 21 heavy (non-hydrogen) atoms. The maximum atomic E-state index is 13.9. The fourth-order valence-electron chi connectivity index (χ4n) is 2.62. The lowest BCUT2D eigenvalue weighted by molar-refractivity contribution is 0.0906. The second-order valence-corrected chi connectivity index (χ2v) is 6.40. The molecule has 0 atom stereocenters. The van der Waals surface area contributed by atoms with Crippen LogP contribution in [0.15, 0.2) is 22.7 Å². The Kier molecular flexibility index (Phi) is 6.18. The third-order valence-electron chi connectivity index (χ3n) is 3.95. The highest BCUT2D eigenvalue weighted by atomic mass is 79.9. The van der Waals surface area contributed by atoms with Gasteiger partial charge in [0.25, 0.3) is 5.91 Å². The molecule has 0 radical (unpaired) electrons. The summed E-state index contributed by atoms with van der Waals surface area (Å²) in [7, 11) is 0. The van der Waals surface area contributed by atoms with Crippen LogP contribution in [0.1, 0.15) is 43.0 Å². The summed E-state index contributed by atoms with van der Waals surface area (Å²) in [6.07, 6.45) is 4.30. The normalized spacial score (nSPS) is 16.9. The maximum Gasteiger partial charge on any atom is 0.254 e. The standard InChI is InChI=1S/C16H22BrFN2O/c1-2-3-9-20-10-7-12(8-11-20)19-16(21)13-5-4-6-14(17)15(13)18/h4-6,12H,2-3,7-11H2,1H3,(H,19,21). The summed E-state index contributed by atoms with van der Waals surface area (Å²) in [5, 5.41) is 2.95. The van der Waals surface area contributed by atoms with Crippen LogP contribution >= 0.6 is 15.9 Å².